The molecule has 1 saturated heterocycles. The number of fused-ring (bicyclic) bond motifs is 1. The van der Waals surface area contributed by atoms with E-state index in [0.29, 0.717) is 37.1 Å². The molecule has 4 heterocycles. The molecule has 8 heteroatoms. The molecule has 0 N–H and O–H groups in total. The number of halogens is 1. The minimum Gasteiger partial charge on any atom is -0.438 e. The molecular formula is C23H23FN4O2S. The summed E-state index contributed by atoms with van der Waals surface area (Å²) >= 11 is 1.44. The van der Waals surface area contributed by atoms with Gasteiger partial charge in [-0.05, 0) is 55.0 Å². The number of hydrogen-bond donors (Lipinski definition) is 0. The van der Waals surface area contributed by atoms with Crippen LogP contribution < -0.4 is 9.64 Å². The number of amides is 1. The largest absolute Gasteiger partial charge is 0.438 e. The van der Waals surface area contributed by atoms with Gasteiger partial charge in [-0.2, -0.15) is 4.98 Å². The van der Waals surface area contributed by atoms with Crippen LogP contribution in [0.1, 0.15) is 40.2 Å². The first kappa shape index (κ1) is 19.9. The summed E-state index contributed by atoms with van der Waals surface area (Å²) < 4.78 is 19.5. The van der Waals surface area contributed by atoms with Crippen LogP contribution in [-0.2, 0) is 13.0 Å². The van der Waals surface area contributed by atoms with Crippen LogP contribution in [0.4, 0.5) is 10.3 Å². The standard InChI is InChI=1S/C23H23FN4O2S/c24-16-6-8-17(9-7-16)30-21-18-15-28(22(29)20-5-4-14-31-20)13-10-19(18)25-23(26-21)27-11-2-1-3-12-27/h4-9,14H,1-3,10-13,15H2. The van der Waals surface area contributed by atoms with Crippen molar-refractivity contribution >= 4 is 23.2 Å². The third-order valence-electron chi connectivity index (χ3n) is 5.70. The molecule has 6 nitrogen and oxygen atoms in total. The van der Waals surface area contributed by atoms with Crippen molar-refractivity contribution in [3.63, 3.8) is 0 Å². The van der Waals surface area contributed by atoms with Crippen LogP contribution in [0, 0.1) is 5.82 Å². The van der Waals surface area contributed by atoms with Crippen molar-refractivity contribution in [3.05, 3.63) is 63.7 Å². The van der Waals surface area contributed by atoms with Crippen LogP contribution in [-0.4, -0.2) is 40.4 Å². The zero-order chi connectivity index (χ0) is 21.2. The maximum atomic E-state index is 13.3. The van der Waals surface area contributed by atoms with E-state index in [1.807, 2.05) is 22.4 Å². The summed E-state index contributed by atoms with van der Waals surface area (Å²) in [6, 6.07) is 9.62. The first-order chi connectivity index (χ1) is 15.2. The molecule has 1 aromatic carbocycles. The van der Waals surface area contributed by atoms with Gasteiger partial charge < -0.3 is 14.5 Å². The molecule has 0 bridgehead atoms. The van der Waals surface area contributed by atoms with Crippen molar-refractivity contribution in [2.75, 3.05) is 24.5 Å². The predicted octanol–water partition coefficient (Wildman–Crippen LogP) is 4.66. The molecule has 31 heavy (non-hydrogen) atoms. The van der Waals surface area contributed by atoms with E-state index in [1.165, 1.54) is 29.9 Å². The summed E-state index contributed by atoms with van der Waals surface area (Å²) in [5, 5.41) is 1.90. The molecule has 0 saturated carbocycles. The second kappa shape index (κ2) is 8.63. The Hall–Kier alpha value is -3.00. The Morgan fingerprint density at radius 1 is 1.03 bits per heavy atom. The number of thiophene rings is 1. The van der Waals surface area contributed by atoms with Crippen molar-refractivity contribution in [1.29, 1.82) is 0 Å². The quantitative estimate of drug-likeness (QED) is 0.593. The average Bonchev–Trinajstić information content (AvgIpc) is 3.35. The molecular weight excluding hydrogens is 415 g/mol. The van der Waals surface area contributed by atoms with Crippen LogP contribution >= 0.6 is 11.3 Å². The van der Waals surface area contributed by atoms with E-state index in [-0.39, 0.29) is 11.7 Å². The summed E-state index contributed by atoms with van der Waals surface area (Å²) in [6.45, 7) is 2.86. The molecule has 1 fully saturated rings. The van der Waals surface area contributed by atoms with E-state index < -0.39 is 0 Å². The predicted molar refractivity (Wildman–Crippen MR) is 117 cm³/mol. The Bertz CT molecular complexity index is 1070. The van der Waals surface area contributed by atoms with Crippen molar-refractivity contribution < 1.29 is 13.9 Å². The van der Waals surface area contributed by atoms with Crippen LogP contribution in [0.25, 0.3) is 0 Å². The molecule has 160 valence electrons. The second-order valence-electron chi connectivity index (χ2n) is 7.81. The van der Waals surface area contributed by atoms with E-state index in [9.17, 15) is 9.18 Å². The number of ether oxygens (including phenoxy) is 1. The van der Waals surface area contributed by atoms with Crippen molar-refractivity contribution in [1.82, 2.24) is 14.9 Å². The number of carbonyl (C=O) groups is 1. The van der Waals surface area contributed by atoms with E-state index in [2.05, 4.69) is 4.90 Å². The van der Waals surface area contributed by atoms with Crippen molar-refractivity contribution in [3.8, 4) is 11.6 Å². The Morgan fingerprint density at radius 2 is 1.84 bits per heavy atom. The van der Waals surface area contributed by atoms with Gasteiger partial charge in [-0.25, -0.2) is 9.37 Å². The van der Waals surface area contributed by atoms with Crippen LogP contribution in [0.15, 0.2) is 41.8 Å². The first-order valence-electron chi connectivity index (χ1n) is 10.6. The molecule has 1 amide bonds. The molecule has 2 aromatic heterocycles. The number of hydrogen-bond acceptors (Lipinski definition) is 6. The molecule has 0 atom stereocenters. The summed E-state index contributed by atoms with van der Waals surface area (Å²) in [6.07, 6.45) is 4.12. The topological polar surface area (TPSA) is 58.6 Å². The zero-order valence-electron chi connectivity index (χ0n) is 17.1. The number of anilines is 1. The number of aromatic nitrogens is 2. The van der Waals surface area contributed by atoms with Crippen LogP contribution in [0.5, 0.6) is 11.6 Å². The monoisotopic (exact) mass is 438 g/mol. The van der Waals surface area contributed by atoms with E-state index >= 15 is 0 Å². The van der Waals surface area contributed by atoms with E-state index in [1.54, 1.807) is 12.1 Å². The number of carbonyl (C=O) groups excluding carboxylic acids is 1. The SMILES string of the molecule is O=C(c1cccs1)N1CCc2nc(N3CCCCC3)nc(Oc3ccc(F)cc3)c2C1. The highest BCUT2D eigenvalue weighted by atomic mass is 32.1. The number of piperidine rings is 1. The lowest BCUT2D eigenvalue weighted by molar-refractivity contribution is 0.0737. The first-order valence-corrected chi connectivity index (χ1v) is 11.5. The van der Waals surface area contributed by atoms with Gasteiger partial charge in [0.2, 0.25) is 11.8 Å². The van der Waals surface area contributed by atoms with Gasteiger partial charge in [0, 0.05) is 26.1 Å². The Morgan fingerprint density at radius 3 is 2.58 bits per heavy atom. The lowest BCUT2D eigenvalue weighted by atomic mass is 10.1. The summed E-state index contributed by atoms with van der Waals surface area (Å²) in [7, 11) is 0. The highest BCUT2D eigenvalue weighted by molar-refractivity contribution is 7.12. The Balaban J connectivity index is 1.49. The smallest absolute Gasteiger partial charge is 0.264 e. The van der Waals surface area contributed by atoms with Gasteiger partial charge in [0.15, 0.2) is 0 Å². The Labute approximate surface area is 184 Å². The third kappa shape index (κ3) is 4.25. The molecule has 0 spiro atoms. The van der Waals surface area contributed by atoms with Gasteiger partial charge in [-0.3, -0.25) is 4.79 Å². The molecule has 3 aromatic rings. The van der Waals surface area contributed by atoms with Crippen LogP contribution in [0.2, 0.25) is 0 Å². The fourth-order valence-corrected chi connectivity index (χ4v) is 4.73. The highest BCUT2D eigenvalue weighted by Crippen LogP contribution is 2.32. The van der Waals surface area contributed by atoms with Gasteiger partial charge in [-0.15, -0.1) is 11.3 Å². The highest BCUT2D eigenvalue weighted by Gasteiger charge is 2.29. The Kier molecular flexibility index (Phi) is 5.55. The maximum Gasteiger partial charge on any atom is 0.264 e. The minimum atomic E-state index is -0.321. The molecule has 0 unspecified atom stereocenters. The molecule has 2 aliphatic rings. The molecule has 5 rings (SSSR count). The fourth-order valence-electron chi connectivity index (χ4n) is 4.03. The van der Waals surface area contributed by atoms with Crippen LogP contribution in [0.3, 0.4) is 0 Å². The number of rotatable bonds is 4. The fraction of sp³-hybridized carbons (Fsp3) is 0.348. The zero-order valence-corrected chi connectivity index (χ0v) is 17.9. The third-order valence-corrected chi connectivity index (χ3v) is 6.55. The summed E-state index contributed by atoms with van der Waals surface area (Å²) in [4.78, 5) is 27.2. The van der Waals surface area contributed by atoms with E-state index in [4.69, 9.17) is 14.7 Å². The normalized spacial score (nSPS) is 16.2. The van der Waals surface area contributed by atoms with Crippen molar-refractivity contribution in [2.45, 2.75) is 32.2 Å². The summed E-state index contributed by atoms with van der Waals surface area (Å²) in [5.41, 5.74) is 1.74. The summed E-state index contributed by atoms with van der Waals surface area (Å²) in [5.74, 6) is 1.32. The minimum absolute atomic E-state index is 0.00786. The molecule has 0 aliphatic carbocycles. The van der Waals surface area contributed by atoms with Gasteiger partial charge in [0.25, 0.3) is 5.91 Å². The van der Waals surface area contributed by atoms with Crippen molar-refractivity contribution in [2.24, 2.45) is 0 Å². The second-order valence-corrected chi connectivity index (χ2v) is 8.76. The molecule has 0 radical (unpaired) electrons. The molecule has 2 aliphatic heterocycles. The maximum absolute atomic E-state index is 13.3. The van der Waals surface area contributed by atoms with Gasteiger partial charge in [-0.1, -0.05) is 6.07 Å². The van der Waals surface area contributed by atoms with Gasteiger partial charge in [0.05, 0.1) is 22.7 Å². The number of benzene rings is 1. The number of nitrogens with zero attached hydrogens (tertiary/aromatic N) is 4. The average molecular weight is 439 g/mol. The lowest BCUT2D eigenvalue weighted by Crippen LogP contribution is -2.37. The van der Waals surface area contributed by atoms with Gasteiger partial charge in [0.1, 0.15) is 11.6 Å². The van der Waals surface area contributed by atoms with E-state index in [0.717, 1.165) is 42.1 Å². The lowest BCUT2D eigenvalue weighted by Gasteiger charge is -2.31. The van der Waals surface area contributed by atoms with Gasteiger partial charge >= 0.3 is 0 Å².